The van der Waals surface area contributed by atoms with Crippen LogP contribution < -0.4 is 10.3 Å². The lowest BCUT2D eigenvalue weighted by molar-refractivity contribution is 0.0949. The zero-order chi connectivity index (χ0) is 19.7. The van der Waals surface area contributed by atoms with Gasteiger partial charge in [-0.2, -0.15) is 0 Å². The summed E-state index contributed by atoms with van der Waals surface area (Å²) in [7, 11) is -3.99. The van der Waals surface area contributed by atoms with E-state index >= 15 is 0 Å². The van der Waals surface area contributed by atoms with Gasteiger partial charge in [0.25, 0.3) is 15.9 Å². The molecule has 2 N–H and O–H groups in total. The van der Waals surface area contributed by atoms with Gasteiger partial charge in [-0.05, 0) is 61.6 Å². The Morgan fingerprint density at radius 2 is 1.96 bits per heavy atom. The Morgan fingerprint density at radius 1 is 1.14 bits per heavy atom. The van der Waals surface area contributed by atoms with E-state index in [0.717, 1.165) is 25.7 Å². The van der Waals surface area contributed by atoms with Gasteiger partial charge in [0.15, 0.2) is 0 Å². The third-order valence-electron chi connectivity index (χ3n) is 4.74. The number of aromatic nitrogens is 1. The van der Waals surface area contributed by atoms with Crippen molar-refractivity contribution in [3.8, 4) is 0 Å². The molecule has 9 heteroatoms. The van der Waals surface area contributed by atoms with Crippen LogP contribution in [0.15, 0.2) is 41.4 Å². The van der Waals surface area contributed by atoms with Gasteiger partial charge in [-0.15, -0.1) is 16.2 Å². The van der Waals surface area contributed by atoms with E-state index in [4.69, 9.17) is 11.6 Å². The number of nitrogens with one attached hydrogen (secondary N) is 2. The summed E-state index contributed by atoms with van der Waals surface area (Å²) in [5, 5.41) is 0.748. The molecular weight excluding hydrogens is 418 g/mol. The van der Waals surface area contributed by atoms with Crippen molar-refractivity contribution in [2.75, 3.05) is 0 Å². The van der Waals surface area contributed by atoms with Crippen molar-refractivity contribution in [2.45, 2.75) is 37.0 Å². The van der Waals surface area contributed by atoms with Crippen LogP contribution in [0.25, 0.3) is 10.9 Å². The van der Waals surface area contributed by atoms with E-state index in [2.05, 4.69) is 15.2 Å². The normalized spacial score (nSPS) is 14.5. The fraction of sp³-hybridized carbons (Fsp3) is 0.263. The summed E-state index contributed by atoms with van der Waals surface area (Å²) in [5.74, 6) is -0.460. The van der Waals surface area contributed by atoms with Crippen LogP contribution in [0, 0.1) is 0 Å². The van der Waals surface area contributed by atoms with Gasteiger partial charge in [-0.3, -0.25) is 15.2 Å². The van der Waals surface area contributed by atoms with Gasteiger partial charge in [-0.25, -0.2) is 8.42 Å². The molecule has 0 atom stereocenters. The highest BCUT2D eigenvalue weighted by Crippen LogP contribution is 2.29. The molecule has 0 fully saturated rings. The summed E-state index contributed by atoms with van der Waals surface area (Å²) in [5.41, 5.74) is 3.91. The van der Waals surface area contributed by atoms with E-state index in [1.54, 1.807) is 18.3 Å². The van der Waals surface area contributed by atoms with Crippen LogP contribution in [0.5, 0.6) is 0 Å². The number of hydrogen-bond donors (Lipinski definition) is 2. The molecule has 1 aliphatic carbocycles. The smallest absolute Gasteiger partial charge is 0.273 e. The van der Waals surface area contributed by atoms with Crippen LogP contribution in [0.3, 0.4) is 0 Å². The number of amides is 1. The molecule has 0 unspecified atom stereocenters. The first-order chi connectivity index (χ1) is 13.5. The number of pyridine rings is 1. The minimum Gasteiger partial charge on any atom is -0.273 e. The first kappa shape index (κ1) is 19.3. The second-order valence-electron chi connectivity index (χ2n) is 6.62. The number of halogens is 1. The van der Waals surface area contributed by atoms with Gasteiger partial charge in [0.05, 0.1) is 20.3 Å². The van der Waals surface area contributed by atoms with Crippen LogP contribution in [0.2, 0.25) is 5.02 Å². The average Bonchev–Trinajstić information content (AvgIpc) is 2.97. The lowest BCUT2D eigenvalue weighted by Gasteiger charge is -2.10. The molecule has 1 amide bonds. The van der Waals surface area contributed by atoms with Crippen molar-refractivity contribution in [3.05, 3.63) is 56.9 Å². The number of carbonyl (C=O) groups is 1. The number of benzene rings is 1. The summed E-state index contributed by atoms with van der Waals surface area (Å²) in [6, 6.07) is 8.00. The number of carbonyl (C=O) groups excluding carboxylic acids is 1. The van der Waals surface area contributed by atoms with E-state index in [1.165, 1.54) is 40.3 Å². The molecule has 2 heterocycles. The standard InChI is InChI=1S/C19H18ClN3O3S2/c20-14-8-9-17(13-6-4-10-21-18(13)14)28(25,26)23-22-19(24)16-11-12-5-2-1-3-7-15(12)27-16/h4,6,8-11,23H,1-3,5,7H2,(H,22,24). The minimum atomic E-state index is -3.99. The third-order valence-corrected chi connectivity index (χ3v) is 7.59. The van der Waals surface area contributed by atoms with Crippen molar-refractivity contribution in [1.29, 1.82) is 0 Å². The van der Waals surface area contributed by atoms with Crippen LogP contribution >= 0.6 is 22.9 Å². The summed E-state index contributed by atoms with van der Waals surface area (Å²) < 4.78 is 25.5. The number of nitrogens with zero attached hydrogens (tertiary/aromatic N) is 1. The Morgan fingerprint density at radius 3 is 2.82 bits per heavy atom. The number of aryl methyl sites for hydroxylation is 2. The highest BCUT2D eigenvalue weighted by Gasteiger charge is 2.21. The van der Waals surface area contributed by atoms with Crippen molar-refractivity contribution < 1.29 is 13.2 Å². The predicted octanol–water partition coefficient (Wildman–Crippen LogP) is 3.84. The fourth-order valence-corrected chi connectivity index (χ4v) is 5.76. The van der Waals surface area contributed by atoms with E-state index in [1.807, 2.05) is 6.07 Å². The molecule has 1 aromatic carbocycles. The molecule has 1 aliphatic rings. The maximum Gasteiger partial charge on any atom is 0.276 e. The number of hydrogen-bond acceptors (Lipinski definition) is 5. The summed E-state index contributed by atoms with van der Waals surface area (Å²) in [6.45, 7) is 0. The molecule has 6 nitrogen and oxygen atoms in total. The molecule has 0 radical (unpaired) electrons. The Balaban J connectivity index is 1.55. The van der Waals surface area contributed by atoms with Gasteiger partial charge in [-0.1, -0.05) is 18.0 Å². The molecule has 4 rings (SSSR count). The zero-order valence-corrected chi connectivity index (χ0v) is 17.3. The highest BCUT2D eigenvalue weighted by atomic mass is 35.5. The predicted molar refractivity (Wildman–Crippen MR) is 110 cm³/mol. The van der Waals surface area contributed by atoms with Crippen molar-refractivity contribution in [2.24, 2.45) is 0 Å². The molecule has 0 aliphatic heterocycles. The number of rotatable bonds is 4. The van der Waals surface area contributed by atoms with E-state index < -0.39 is 15.9 Å². The number of thiophene rings is 1. The fourth-order valence-electron chi connectivity index (χ4n) is 3.36. The summed E-state index contributed by atoms with van der Waals surface area (Å²) >= 11 is 7.54. The maximum atomic E-state index is 12.7. The Labute approximate surface area is 172 Å². The van der Waals surface area contributed by atoms with Gasteiger partial charge >= 0.3 is 0 Å². The molecule has 0 spiro atoms. The minimum absolute atomic E-state index is 0.00209. The lowest BCUT2D eigenvalue weighted by Crippen LogP contribution is -2.41. The number of sulfonamides is 1. The van der Waals surface area contributed by atoms with Crippen LogP contribution in [-0.4, -0.2) is 19.3 Å². The lowest BCUT2D eigenvalue weighted by atomic mass is 10.1. The van der Waals surface area contributed by atoms with Crippen LogP contribution in [0.1, 0.15) is 39.4 Å². The van der Waals surface area contributed by atoms with Gasteiger partial charge < -0.3 is 0 Å². The number of fused-ring (bicyclic) bond motifs is 2. The average molecular weight is 436 g/mol. The molecule has 0 saturated heterocycles. The van der Waals surface area contributed by atoms with Crippen LogP contribution in [-0.2, 0) is 22.9 Å². The molecule has 0 saturated carbocycles. The number of hydrazine groups is 1. The largest absolute Gasteiger partial charge is 0.276 e. The SMILES string of the molecule is O=C(NNS(=O)(=O)c1ccc(Cl)c2ncccc12)c1cc2c(s1)CCCCC2. The molecule has 146 valence electrons. The van der Waals surface area contributed by atoms with E-state index in [9.17, 15) is 13.2 Å². The van der Waals surface area contributed by atoms with Crippen molar-refractivity contribution >= 4 is 49.8 Å². The molecule has 0 bridgehead atoms. The van der Waals surface area contributed by atoms with Gasteiger partial charge in [0.1, 0.15) is 0 Å². The Hall–Kier alpha value is -2.00. The van der Waals surface area contributed by atoms with Crippen molar-refractivity contribution in [1.82, 2.24) is 15.2 Å². The first-order valence-corrected chi connectivity index (χ1v) is 11.6. The molecule has 3 aromatic rings. The van der Waals surface area contributed by atoms with Gasteiger partial charge in [0, 0.05) is 16.5 Å². The van der Waals surface area contributed by atoms with E-state index in [-0.39, 0.29) is 4.90 Å². The molecular formula is C19H18ClN3O3S2. The molecule has 28 heavy (non-hydrogen) atoms. The second kappa shape index (κ2) is 7.79. The Bertz CT molecular complexity index is 1130. The third kappa shape index (κ3) is 3.77. The van der Waals surface area contributed by atoms with Crippen molar-refractivity contribution in [3.63, 3.8) is 0 Å². The quantitative estimate of drug-likeness (QED) is 0.481. The Kier molecular flexibility index (Phi) is 5.37. The second-order valence-corrected chi connectivity index (χ2v) is 9.82. The van der Waals surface area contributed by atoms with E-state index in [0.29, 0.717) is 20.8 Å². The summed E-state index contributed by atoms with van der Waals surface area (Å²) in [4.78, 5) is 20.5. The van der Waals surface area contributed by atoms with Gasteiger partial charge in [0.2, 0.25) is 0 Å². The maximum absolute atomic E-state index is 12.7. The topological polar surface area (TPSA) is 88.2 Å². The first-order valence-electron chi connectivity index (χ1n) is 8.93. The highest BCUT2D eigenvalue weighted by molar-refractivity contribution is 7.89. The monoisotopic (exact) mass is 435 g/mol. The zero-order valence-electron chi connectivity index (χ0n) is 14.9. The summed E-state index contributed by atoms with van der Waals surface area (Å²) in [6.07, 6.45) is 6.93. The molecule has 2 aromatic heterocycles. The van der Waals surface area contributed by atoms with Crippen LogP contribution in [0.4, 0.5) is 0 Å².